The zero-order valence-electron chi connectivity index (χ0n) is 10.9. The number of sulfonamides is 1. The van der Waals surface area contributed by atoms with Gasteiger partial charge in [0.05, 0.1) is 0 Å². The van der Waals surface area contributed by atoms with E-state index in [4.69, 9.17) is 0 Å². The molecule has 0 unspecified atom stereocenters. The number of rotatable bonds is 4. The van der Waals surface area contributed by atoms with Crippen LogP contribution in [-0.4, -0.2) is 24.8 Å². The Morgan fingerprint density at radius 2 is 1.81 bits per heavy atom. The van der Waals surface area contributed by atoms with Crippen molar-refractivity contribution in [2.75, 3.05) is 7.05 Å². The second kappa shape index (κ2) is 5.82. The maximum Gasteiger partial charge on any atom is 0.263 e. The maximum absolute atomic E-state index is 13.5. The molecule has 0 saturated heterocycles. The number of hydrogen-bond acceptors (Lipinski definition) is 3. The van der Waals surface area contributed by atoms with Crippen LogP contribution in [0.4, 0.5) is 13.2 Å². The summed E-state index contributed by atoms with van der Waals surface area (Å²) in [6.45, 7) is -0.241. The van der Waals surface area contributed by atoms with Crippen molar-refractivity contribution in [2.45, 2.75) is 11.6 Å². The van der Waals surface area contributed by atoms with Crippen molar-refractivity contribution >= 4 is 10.0 Å². The Balaban J connectivity index is 2.29. The van der Waals surface area contributed by atoms with Gasteiger partial charge < -0.3 is 0 Å². The molecule has 2 rings (SSSR count). The lowest BCUT2D eigenvalue weighted by Crippen LogP contribution is -2.28. The minimum atomic E-state index is -4.16. The van der Waals surface area contributed by atoms with Crippen LogP contribution in [0.3, 0.4) is 0 Å². The quantitative estimate of drug-likeness (QED) is 0.870. The number of halogens is 3. The fourth-order valence-corrected chi connectivity index (χ4v) is 2.81. The number of hydrogen-bond donors (Lipinski definition) is 0. The average Bonchev–Trinajstić information content (AvgIpc) is 2.43. The van der Waals surface area contributed by atoms with E-state index in [9.17, 15) is 21.6 Å². The molecular formula is C13H11F3N2O2S. The fourth-order valence-electron chi connectivity index (χ4n) is 1.69. The molecule has 0 saturated carbocycles. The van der Waals surface area contributed by atoms with Gasteiger partial charge in [0.25, 0.3) is 10.0 Å². The van der Waals surface area contributed by atoms with Gasteiger partial charge >= 0.3 is 0 Å². The normalized spacial score (nSPS) is 11.9. The summed E-state index contributed by atoms with van der Waals surface area (Å²) in [7, 11) is -2.96. The van der Waals surface area contributed by atoms with E-state index in [1.54, 1.807) is 0 Å². The van der Waals surface area contributed by atoms with E-state index < -0.39 is 32.5 Å². The van der Waals surface area contributed by atoms with Gasteiger partial charge in [-0.3, -0.25) is 0 Å². The molecule has 0 atom stereocenters. The van der Waals surface area contributed by atoms with Crippen molar-refractivity contribution in [2.24, 2.45) is 0 Å². The molecule has 21 heavy (non-hydrogen) atoms. The van der Waals surface area contributed by atoms with Gasteiger partial charge in [-0.05, 0) is 29.8 Å². The highest BCUT2D eigenvalue weighted by atomic mass is 32.2. The number of nitrogens with zero attached hydrogens (tertiary/aromatic N) is 2. The summed E-state index contributed by atoms with van der Waals surface area (Å²) in [5.74, 6) is -3.09. The molecule has 1 aromatic carbocycles. The zero-order valence-corrected chi connectivity index (χ0v) is 11.7. The summed E-state index contributed by atoms with van der Waals surface area (Å²) in [4.78, 5) is 3.51. The molecule has 0 radical (unpaired) electrons. The molecule has 4 nitrogen and oxygen atoms in total. The van der Waals surface area contributed by atoms with Gasteiger partial charge in [-0.25, -0.2) is 26.6 Å². The van der Waals surface area contributed by atoms with Crippen LogP contribution >= 0.6 is 0 Å². The topological polar surface area (TPSA) is 50.3 Å². The Morgan fingerprint density at radius 1 is 1.10 bits per heavy atom. The predicted octanol–water partition coefficient (Wildman–Crippen LogP) is 2.32. The third-order valence-electron chi connectivity index (χ3n) is 2.77. The Kier molecular flexibility index (Phi) is 4.29. The molecule has 0 N–H and O–H groups in total. The molecule has 0 aliphatic carbocycles. The second-order valence-electron chi connectivity index (χ2n) is 4.30. The molecule has 1 heterocycles. The van der Waals surface area contributed by atoms with E-state index in [1.165, 1.54) is 19.2 Å². The van der Waals surface area contributed by atoms with Crippen LogP contribution in [0.25, 0.3) is 0 Å². The molecule has 0 bridgehead atoms. The molecular weight excluding hydrogens is 305 g/mol. The van der Waals surface area contributed by atoms with Crippen LogP contribution in [0.2, 0.25) is 0 Å². The first kappa shape index (κ1) is 15.5. The second-order valence-corrected chi connectivity index (χ2v) is 6.26. The molecule has 2 aromatic rings. The van der Waals surface area contributed by atoms with E-state index in [2.05, 4.69) is 4.98 Å². The van der Waals surface area contributed by atoms with Crippen LogP contribution in [0.15, 0.2) is 41.6 Å². The van der Waals surface area contributed by atoms with Crippen LogP contribution in [0.1, 0.15) is 5.56 Å². The van der Waals surface area contributed by atoms with Crippen molar-refractivity contribution in [3.63, 3.8) is 0 Å². The summed E-state index contributed by atoms with van der Waals surface area (Å²) in [6, 6.07) is 5.27. The van der Waals surface area contributed by atoms with Gasteiger partial charge in [0.1, 0.15) is 0 Å². The Morgan fingerprint density at radius 3 is 2.43 bits per heavy atom. The monoisotopic (exact) mass is 316 g/mol. The number of benzene rings is 1. The van der Waals surface area contributed by atoms with E-state index in [0.717, 1.165) is 28.7 Å². The summed E-state index contributed by atoms with van der Waals surface area (Å²) < 4.78 is 64.6. The van der Waals surface area contributed by atoms with Gasteiger partial charge in [0.15, 0.2) is 17.5 Å². The van der Waals surface area contributed by atoms with E-state index in [-0.39, 0.29) is 12.1 Å². The molecule has 0 aliphatic heterocycles. The Bertz CT molecular complexity index is 766. The first-order valence-corrected chi connectivity index (χ1v) is 7.27. The van der Waals surface area contributed by atoms with Gasteiger partial charge in [0, 0.05) is 19.8 Å². The molecule has 0 aliphatic rings. The van der Waals surface area contributed by atoms with Crippen molar-refractivity contribution in [3.8, 4) is 0 Å². The molecule has 8 heteroatoms. The van der Waals surface area contributed by atoms with Crippen molar-refractivity contribution in [1.29, 1.82) is 0 Å². The summed E-state index contributed by atoms with van der Waals surface area (Å²) in [5, 5.41) is -0.713. The standard InChI is InChI=1S/C13H11F3N2O2S/c1-18(8-9-4-5-10(14)12(16)7-9)21(19,20)13-11(15)3-2-6-17-13/h2-7H,8H2,1H3. The first-order chi connectivity index (χ1) is 9.82. The van der Waals surface area contributed by atoms with Gasteiger partial charge in [-0.1, -0.05) is 6.07 Å². The molecule has 0 fully saturated rings. The summed E-state index contributed by atoms with van der Waals surface area (Å²) in [5.41, 5.74) is 0.233. The fraction of sp³-hybridized carbons (Fsp3) is 0.154. The largest absolute Gasteiger partial charge is 0.263 e. The van der Waals surface area contributed by atoms with Crippen LogP contribution in [0.5, 0.6) is 0 Å². The lowest BCUT2D eigenvalue weighted by atomic mass is 10.2. The average molecular weight is 316 g/mol. The van der Waals surface area contributed by atoms with Gasteiger partial charge in [-0.2, -0.15) is 4.31 Å². The Labute approximate surface area is 119 Å². The van der Waals surface area contributed by atoms with Crippen molar-refractivity contribution in [3.05, 3.63) is 59.5 Å². The Hall–Kier alpha value is -1.93. The smallest absolute Gasteiger partial charge is 0.241 e. The van der Waals surface area contributed by atoms with Crippen LogP contribution in [-0.2, 0) is 16.6 Å². The molecule has 0 amide bonds. The lowest BCUT2D eigenvalue weighted by Gasteiger charge is -2.17. The maximum atomic E-state index is 13.5. The molecule has 112 valence electrons. The van der Waals surface area contributed by atoms with Crippen LogP contribution < -0.4 is 0 Å². The van der Waals surface area contributed by atoms with E-state index >= 15 is 0 Å². The van der Waals surface area contributed by atoms with Crippen molar-refractivity contribution < 1.29 is 21.6 Å². The highest BCUT2D eigenvalue weighted by molar-refractivity contribution is 7.89. The number of pyridine rings is 1. The minimum absolute atomic E-state index is 0.233. The van der Waals surface area contributed by atoms with Crippen LogP contribution in [0, 0.1) is 17.5 Å². The SMILES string of the molecule is CN(Cc1ccc(F)c(F)c1)S(=O)(=O)c1ncccc1F. The highest BCUT2D eigenvalue weighted by Crippen LogP contribution is 2.18. The first-order valence-electron chi connectivity index (χ1n) is 5.83. The van der Waals surface area contributed by atoms with Crippen molar-refractivity contribution in [1.82, 2.24) is 9.29 Å². The molecule has 0 spiro atoms. The molecule has 1 aromatic heterocycles. The zero-order chi connectivity index (χ0) is 15.6. The summed E-state index contributed by atoms with van der Waals surface area (Å²) in [6.07, 6.45) is 1.15. The van der Waals surface area contributed by atoms with E-state index in [0.29, 0.717) is 0 Å². The van der Waals surface area contributed by atoms with Gasteiger partial charge in [0.2, 0.25) is 5.03 Å². The summed E-state index contributed by atoms with van der Waals surface area (Å²) >= 11 is 0. The third kappa shape index (κ3) is 3.22. The minimum Gasteiger partial charge on any atom is -0.241 e. The van der Waals surface area contributed by atoms with Gasteiger partial charge in [-0.15, -0.1) is 0 Å². The van der Waals surface area contributed by atoms with E-state index in [1.807, 2.05) is 0 Å². The highest BCUT2D eigenvalue weighted by Gasteiger charge is 2.26. The number of aromatic nitrogens is 1. The third-order valence-corrected chi connectivity index (χ3v) is 4.51. The predicted molar refractivity (Wildman–Crippen MR) is 69.2 cm³/mol. The lowest BCUT2D eigenvalue weighted by molar-refractivity contribution is 0.451.